The molecule has 0 amide bonds. The van der Waals surface area contributed by atoms with Crippen LogP contribution in [-0.4, -0.2) is 48.7 Å². The summed E-state index contributed by atoms with van der Waals surface area (Å²) in [5.74, 6) is -0.307. The van der Waals surface area contributed by atoms with Gasteiger partial charge in [0, 0.05) is 11.6 Å². The fourth-order valence-electron chi connectivity index (χ4n) is 5.28. The van der Waals surface area contributed by atoms with E-state index in [2.05, 4.69) is 0 Å². The Morgan fingerprint density at radius 1 is 0.854 bits per heavy atom. The molecule has 0 spiro atoms. The third-order valence-corrected chi connectivity index (χ3v) is 7.23. The van der Waals surface area contributed by atoms with Crippen molar-refractivity contribution >= 4 is 11.5 Å². The zero-order valence-corrected chi connectivity index (χ0v) is 22.6. The van der Waals surface area contributed by atoms with Crippen LogP contribution in [0.3, 0.4) is 0 Å². The topological polar surface area (TPSA) is 58.5 Å². The summed E-state index contributed by atoms with van der Waals surface area (Å²) >= 11 is 0. The highest BCUT2D eigenvalue weighted by molar-refractivity contribution is 6.12. The fraction of sp³-hybridized carbons (Fsp3) is 0.344. The summed E-state index contributed by atoms with van der Waals surface area (Å²) in [5, 5.41) is 0. The Bertz CT molecular complexity index is 1410. The number of benzene rings is 3. The standard InChI is InChI=1S/C32H30F3NO5/c1-31(2)40-29-28(37-19-20-9-5-3-6-10-20)27(39-30(29)41-31)26-18-36-24(17-25(38-26)22-11-7-4-8-12-22)21-13-15-23(16-14-21)32(33,34)35/h3-17,26-30H,18-19H2,1-2H3/t26-,27+,28-,29+,30+/m0/s1. The third kappa shape index (κ3) is 6.08. The molecule has 0 saturated carbocycles. The summed E-state index contributed by atoms with van der Waals surface area (Å²) < 4.78 is 71.1. The minimum absolute atomic E-state index is 0.182. The number of fused-ring (bicyclic) bond motifs is 1. The van der Waals surface area contributed by atoms with Crippen LogP contribution in [0.2, 0.25) is 0 Å². The maximum Gasteiger partial charge on any atom is 0.416 e. The Hall–Kier alpha value is -3.50. The molecule has 41 heavy (non-hydrogen) atoms. The van der Waals surface area contributed by atoms with E-state index in [1.54, 1.807) is 6.08 Å². The SMILES string of the molecule is CC1(C)O[C@H]2O[C@H]([C@@H]3CN=C(c4ccc(C(F)(F)F)cc4)C=C(c4ccccc4)O3)[C@H](OCc3ccccc3)[C@H]2O1. The number of halogens is 3. The van der Waals surface area contributed by atoms with Gasteiger partial charge >= 0.3 is 6.18 Å². The van der Waals surface area contributed by atoms with E-state index in [0.29, 0.717) is 23.6 Å². The molecule has 2 saturated heterocycles. The van der Waals surface area contributed by atoms with E-state index >= 15 is 0 Å². The van der Waals surface area contributed by atoms with Gasteiger partial charge in [-0.3, -0.25) is 4.99 Å². The van der Waals surface area contributed by atoms with Gasteiger partial charge in [-0.2, -0.15) is 13.2 Å². The largest absolute Gasteiger partial charge is 0.485 e. The van der Waals surface area contributed by atoms with E-state index < -0.39 is 48.2 Å². The second kappa shape index (κ2) is 11.1. The molecule has 6 rings (SSSR count). The monoisotopic (exact) mass is 565 g/mol. The molecule has 6 nitrogen and oxygen atoms in total. The maximum atomic E-state index is 13.2. The van der Waals surface area contributed by atoms with Crippen molar-refractivity contribution in [1.82, 2.24) is 0 Å². The van der Waals surface area contributed by atoms with E-state index in [4.69, 9.17) is 28.7 Å². The molecule has 3 aliphatic heterocycles. The molecule has 3 aromatic carbocycles. The summed E-state index contributed by atoms with van der Waals surface area (Å²) in [7, 11) is 0. The first kappa shape index (κ1) is 27.7. The van der Waals surface area contributed by atoms with Crippen LogP contribution in [0.25, 0.3) is 5.76 Å². The smallest absolute Gasteiger partial charge is 0.416 e. The van der Waals surface area contributed by atoms with Crippen molar-refractivity contribution in [2.45, 2.75) is 63.1 Å². The number of rotatable bonds is 6. The molecule has 0 radical (unpaired) electrons. The van der Waals surface area contributed by atoms with Crippen molar-refractivity contribution in [1.29, 1.82) is 0 Å². The molecule has 0 N–H and O–H groups in total. The number of hydrogen-bond acceptors (Lipinski definition) is 6. The quantitative estimate of drug-likeness (QED) is 0.347. The van der Waals surface area contributed by atoms with Gasteiger partial charge in [-0.25, -0.2) is 0 Å². The Balaban J connectivity index is 1.31. The zero-order chi connectivity index (χ0) is 28.6. The second-order valence-corrected chi connectivity index (χ2v) is 10.7. The van der Waals surface area contributed by atoms with Gasteiger partial charge < -0.3 is 23.7 Å². The summed E-state index contributed by atoms with van der Waals surface area (Å²) in [4.78, 5) is 4.78. The molecule has 214 valence electrons. The van der Waals surface area contributed by atoms with Gasteiger partial charge in [-0.1, -0.05) is 72.8 Å². The van der Waals surface area contributed by atoms with Crippen LogP contribution in [0.15, 0.2) is 96.0 Å². The predicted octanol–water partition coefficient (Wildman–Crippen LogP) is 6.40. The van der Waals surface area contributed by atoms with Gasteiger partial charge in [0.25, 0.3) is 0 Å². The average molecular weight is 566 g/mol. The number of nitrogens with zero attached hydrogens (tertiary/aromatic N) is 1. The average Bonchev–Trinajstić information content (AvgIpc) is 3.33. The number of ether oxygens (including phenoxy) is 5. The Morgan fingerprint density at radius 3 is 2.22 bits per heavy atom. The van der Waals surface area contributed by atoms with Crippen LogP contribution in [-0.2, 0) is 36.5 Å². The lowest BCUT2D eigenvalue weighted by molar-refractivity contribution is -0.229. The van der Waals surface area contributed by atoms with Gasteiger partial charge in [-0.15, -0.1) is 0 Å². The number of aliphatic imine (C=N–C) groups is 1. The van der Waals surface area contributed by atoms with Crippen LogP contribution in [0.4, 0.5) is 13.2 Å². The molecule has 5 atom stereocenters. The molecule has 0 aliphatic carbocycles. The lowest BCUT2D eigenvalue weighted by atomic mass is 10.0. The highest BCUT2D eigenvalue weighted by Gasteiger charge is 2.58. The van der Waals surface area contributed by atoms with Crippen molar-refractivity contribution in [2.24, 2.45) is 4.99 Å². The van der Waals surface area contributed by atoms with Crippen LogP contribution in [0.1, 0.15) is 36.1 Å². The first-order valence-corrected chi connectivity index (χ1v) is 13.5. The van der Waals surface area contributed by atoms with Gasteiger partial charge in [0.15, 0.2) is 12.1 Å². The van der Waals surface area contributed by atoms with Crippen LogP contribution in [0.5, 0.6) is 0 Å². The van der Waals surface area contributed by atoms with E-state index in [1.807, 2.05) is 74.5 Å². The lowest BCUT2D eigenvalue weighted by Gasteiger charge is -2.30. The van der Waals surface area contributed by atoms with E-state index in [9.17, 15) is 13.2 Å². The molecule has 0 aromatic heterocycles. The minimum Gasteiger partial charge on any atom is -0.485 e. The Kier molecular flexibility index (Phi) is 7.46. The normalized spacial score (nSPS) is 27.4. The molecule has 9 heteroatoms. The molecular weight excluding hydrogens is 535 g/mol. The van der Waals surface area contributed by atoms with E-state index in [0.717, 1.165) is 23.3 Å². The maximum absolute atomic E-state index is 13.2. The highest BCUT2D eigenvalue weighted by Crippen LogP contribution is 2.41. The van der Waals surface area contributed by atoms with Gasteiger partial charge in [0.05, 0.1) is 24.4 Å². The van der Waals surface area contributed by atoms with Crippen molar-refractivity contribution in [3.63, 3.8) is 0 Å². The molecule has 0 unspecified atom stereocenters. The summed E-state index contributed by atoms with van der Waals surface area (Å²) in [6.07, 6.45) is -5.49. The summed E-state index contributed by atoms with van der Waals surface area (Å²) in [5.41, 5.74) is 2.14. The Morgan fingerprint density at radius 2 is 1.54 bits per heavy atom. The zero-order valence-electron chi connectivity index (χ0n) is 22.6. The van der Waals surface area contributed by atoms with Gasteiger partial charge in [0.2, 0.25) is 0 Å². The van der Waals surface area contributed by atoms with E-state index in [1.165, 1.54) is 12.1 Å². The first-order valence-electron chi connectivity index (χ1n) is 13.5. The molecule has 0 bridgehead atoms. The van der Waals surface area contributed by atoms with Crippen molar-refractivity contribution in [2.75, 3.05) is 6.54 Å². The first-order chi connectivity index (χ1) is 19.7. The number of alkyl halides is 3. The van der Waals surface area contributed by atoms with Crippen molar-refractivity contribution in [3.8, 4) is 0 Å². The van der Waals surface area contributed by atoms with Crippen molar-refractivity contribution in [3.05, 3.63) is 113 Å². The van der Waals surface area contributed by atoms with Gasteiger partial charge in [0.1, 0.15) is 30.2 Å². The molecule has 3 aliphatic rings. The third-order valence-electron chi connectivity index (χ3n) is 7.23. The van der Waals surface area contributed by atoms with Crippen LogP contribution >= 0.6 is 0 Å². The fourth-order valence-corrected chi connectivity index (χ4v) is 5.28. The van der Waals surface area contributed by atoms with E-state index in [-0.39, 0.29) is 6.54 Å². The molecule has 3 aromatic rings. The minimum atomic E-state index is -4.42. The van der Waals surface area contributed by atoms with Crippen LogP contribution in [0, 0.1) is 0 Å². The predicted molar refractivity (Wildman–Crippen MR) is 146 cm³/mol. The summed E-state index contributed by atoms with van der Waals surface area (Å²) in [6.45, 7) is 4.18. The summed E-state index contributed by atoms with van der Waals surface area (Å²) in [6, 6.07) is 24.3. The molecule has 3 heterocycles. The second-order valence-electron chi connectivity index (χ2n) is 10.7. The lowest BCUT2D eigenvalue weighted by Crippen LogP contribution is -2.44. The van der Waals surface area contributed by atoms with Crippen LogP contribution < -0.4 is 0 Å². The highest BCUT2D eigenvalue weighted by atomic mass is 19.4. The number of allylic oxidation sites excluding steroid dienone is 1. The van der Waals surface area contributed by atoms with Gasteiger partial charge in [-0.05, 0) is 37.1 Å². The number of hydrogen-bond donors (Lipinski definition) is 0. The molecule has 2 fully saturated rings. The molecular formula is C32H30F3NO5. The van der Waals surface area contributed by atoms with Crippen molar-refractivity contribution < 1.29 is 36.9 Å². The Labute approximate surface area is 236 Å².